The average molecular weight is 459 g/mol. The van der Waals surface area contributed by atoms with Crippen LogP contribution in [-0.2, 0) is 14.8 Å². The molecule has 0 aliphatic carbocycles. The number of rotatable bonds is 7. The number of aromatic nitrogens is 2. The maximum absolute atomic E-state index is 12.8. The quantitative estimate of drug-likeness (QED) is 0.387. The fourth-order valence-electron chi connectivity index (χ4n) is 2.79. The third kappa shape index (κ3) is 5.12. The van der Waals surface area contributed by atoms with E-state index >= 15 is 0 Å². The van der Waals surface area contributed by atoms with Crippen molar-refractivity contribution in [3.05, 3.63) is 41.9 Å². The maximum atomic E-state index is 12.8. The number of carbonyl (C=O) groups excluding carboxylic acids is 1. The van der Waals surface area contributed by atoms with Crippen molar-refractivity contribution in [3.8, 4) is 0 Å². The predicted molar refractivity (Wildman–Crippen MR) is 112 cm³/mol. The Morgan fingerprint density at radius 2 is 2.14 bits per heavy atom. The summed E-state index contributed by atoms with van der Waals surface area (Å²) in [6.07, 6.45) is 3.00. The molecule has 1 atom stereocenters. The number of nitrogens with one attached hydrogen (secondary N) is 1. The molecule has 3 rings (SSSR count). The highest BCUT2D eigenvalue weighted by Gasteiger charge is 2.33. The van der Waals surface area contributed by atoms with Crippen molar-refractivity contribution in [2.45, 2.75) is 22.1 Å². The standard InChI is InChI=1S/C17H19ClN4O3S3/c1-2-10-26-17-21-20-16(27-17)19-15(23)12-4-3-9-22(11-12)28(24,25)14-7-5-13(18)6-8-14/h2,5-8,12H,1,3-4,9-11H2,(H,19,20,23)/t12-/m1/s1. The molecule has 1 aromatic heterocycles. The summed E-state index contributed by atoms with van der Waals surface area (Å²) in [4.78, 5) is 12.8. The van der Waals surface area contributed by atoms with E-state index in [-0.39, 0.29) is 17.3 Å². The molecule has 7 nitrogen and oxygen atoms in total. The van der Waals surface area contributed by atoms with E-state index in [2.05, 4.69) is 22.1 Å². The van der Waals surface area contributed by atoms with Gasteiger partial charge in [0.1, 0.15) is 0 Å². The molecule has 0 spiro atoms. The number of anilines is 1. The predicted octanol–water partition coefficient (Wildman–Crippen LogP) is 3.51. The van der Waals surface area contributed by atoms with Gasteiger partial charge in [-0.05, 0) is 37.1 Å². The van der Waals surface area contributed by atoms with Crippen LogP contribution in [0.15, 0.2) is 46.2 Å². The number of hydrogen-bond donors (Lipinski definition) is 1. The summed E-state index contributed by atoms with van der Waals surface area (Å²) in [6, 6.07) is 6.04. The Morgan fingerprint density at radius 1 is 1.39 bits per heavy atom. The number of piperidine rings is 1. The molecule has 1 N–H and O–H groups in total. The van der Waals surface area contributed by atoms with Crippen LogP contribution in [0.5, 0.6) is 0 Å². The molecular formula is C17H19ClN4O3S3. The monoisotopic (exact) mass is 458 g/mol. The third-order valence-electron chi connectivity index (χ3n) is 4.17. The van der Waals surface area contributed by atoms with Gasteiger partial charge in [-0.25, -0.2) is 8.42 Å². The zero-order valence-electron chi connectivity index (χ0n) is 14.9. The number of hydrogen-bond acceptors (Lipinski definition) is 7. The highest BCUT2D eigenvalue weighted by atomic mass is 35.5. The first-order valence-corrected chi connectivity index (χ1v) is 12.2. The number of sulfonamides is 1. The third-order valence-corrected chi connectivity index (χ3v) is 8.27. The van der Waals surface area contributed by atoms with E-state index in [0.717, 1.165) is 4.34 Å². The first-order valence-electron chi connectivity index (χ1n) is 8.54. The molecule has 2 heterocycles. The minimum absolute atomic E-state index is 0.133. The number of benzene rings is 1. The lowest BCUT2D eigenvalue weighted by Gasteiger charge is -2.31. The average Bonchev–Trinajstić information content (AvgIpc) is 3.14. The number of halogens is 1. The Hall–Kier alpha value is -1.46. The van der Waals surface area contributed by atoms with Crippen molar-refractivity contribution in [2.24, 2.45) is 5.92 Å². The van der Waals surface area contributed by atoms with Gasteiger partial charge >= 0.3 is 0 Å². The summed E-state index contributed by atoms with van der Waals surface area (Å²) in [7, 11) is -3.67. The molecule has 1 saturated heterocycles. The molecule has 11 heteroatoms. The Kier molecular flexibility index (Phi) is 7.10. The second kappa shape index (κ2) is 9.36. The van der Waals surface area contributed by atoms with Crippen LogP contribution >= 0.6 is 34.7 Å². The Labute approximate surface area is 177 Å². The van der Waals surface area contributed by atoms with E-state index in [0.29, 0.717) is 35.3 Å². The zero-order valence-corrected chi connectivity index (χ0v) is 18.1. The normalized spacial score (nSPS) is 18.0. The molecule has 28 heavy (non-hydrogen) atoms. The van der Waals surface area contributed by atoms with Gasteiger partial charge in [-0.3, -0.25) is 4.79 Å². The van der Waals surface area contributed by atoms with Gasteiger partial charge < -0.3 is 5.32 Å². The number of amides is 1. The van der Waals surface area contributed by atoms with E-state index in [1.807, 2.05) is 0 Å². The van der Waals surface area contributed by atoms with Crippen molar-refractivity contribution in [1.82, 2.24) is 14.5 Å². The lowest BCUT2D eigenvalue weighted by Crippen LogP contribution is -2.43. The first-order chi connectivity index (χ1) is 13.4. The lowest BCUT2D eigenvalue weighted by atomic mass is 9.99. The van der Waals surface area contributed by atoms with Gasteiger partial charge in [0, 0.05) is 23.9 Å². The molecule has 150 valence electrons. The van der Waals surface area contributed by atoms with Crippen LogP contribution in [0.4, 0.5) is 5.13 Å². The van der Waals surface area contributed by atoms with Crippen molar-refractivity contribution in [1.29, 1.82) is 0 Å². The maximum Gasteiger partial charge on any atom is 0.243 e. The number of carbonyl (C=O) groups is 1. The largest absolute Gasteiger partial charge is 0.300 e. The van der Waals surface area contributed by atoms with Crippen LogP contribution in [0.25, 0.3) is 0 Å². The molecule has 2 aromatic rings. The zero-order chi connectivity index (χ0) is 20.1. The summed E-state index contributed by atoms with van der Waals surface area (Å²) in [5, 5.41) is 11.6. The molecule has 0 saturated carbocycles. The fraction of sp³-hybridized carbons (Fsp3) is 0.353. The van der Waals surface area contributed by atoms with Crippen molar-refractivity contribution < 1.29 is 13.2 Å². The Bertz CT molecular complexity index is 947. The van der Waals surface area contributed by atoms with Crippen LogP contribution in [0.3, 0.4) is 0 Å². The van der Waals surface area contributed by atoms with Crippen molar-refractivity contribution in [2.75, 3.05) is 24.2 Å². The summed E-state index contributed by atoms with van der Waals surface area (Å²) >= 11 is 8.61. The van der Waals surface area contributed by atoms with Crippen LogP contribution in [0.2, 0.25) is 5.02 Å². The summed E-state index contributed by atoms with van der Waals surface area (Å²) < 4.78 is 27.8. The molecule has 1 aliphatic rings. The Morgan fingerprint density at radius 3 is 2.86 bits per heavy atom. The summed E-state index contributed by atoms with van der Waals surface area (Å²) in [5.74, 6) is 0.0272. The molecule has 1 fully saturated rings. The van der Waals surface area contributed by atoms with E-state index in [1.54, 1.807) is 18.2 Å². The first kappa shape index (κ1) is 21.3. The number of thioether (sulfide) groups is 1. The topological polar surface area (TPSA) is 92.3 Å². The molecule has 0 unspecified atom stereocenters. The molecule has 1 amide bonds. The van der Waals surface area contributed by atoms with Gasteiger partial charge in [0.2, 0.25) is 21.1 Å². The molecule has 1 aromatic carbocycles. The Balaban J connectivity index is 1.65. The van der Waals surface area contributed by atoms with Crippen LogP contribution < -0.4 is 5.32 Å². The van der Waals surface area contributed by atoms with E-state index < -0.39 is 15.9 Å². The molecule has 0 radical (unpaired) electrons. The van der Waals surface area contributed by atoms with Gasteiger partial charge in [-0.15, -0.1) is 16.8 Å². The van der Waals surface area contributed by atoms with Gasteiger partial charge in [0.05, 0.1) is 10.8 Å². The smallest absolute Gasteiger partial charge is 0.243 e. The molecular weight excluding hydrogens is 440 g/mol. The van der Waals surface area contributed by atoms with E-state index in [9.17, 15) is 13.2 Å². The highest BCUT2D eigenvalue weighted by Crippen LogP contribution is 2.28. The van der Waals surface area contributed by atoms with Gasteiger partial charge in [0.15, 0.2) is 4.34 Å². The van der Waals surface area contributed by atoms with Crippen LogP contribution in [0, 0.1) is 5.92 Å². The van der Waals surface area contributed by atoms with E-state index in [1.165, 1.54) is 39.5 Å². The van der Waals surface area contributed by atoms with E-state index in [4.69, 9.17) is 11.6 Å². The minimum Gasteiger partial charge on any atom is -0.300 e. The van der Waals surface area contributed by atoms with Crippen molar-refractivity contribution >= 4 is 55.8 Å². The second-order valence-corrected chi connectivity index (χ2v) is 10.7. The van der Waals surface area contributed by atoms with Crippen LogP contribution in [0.1, 0.15) is 12.8 Å². The SMILES string of the molecule is C=CCSc1nnc(NC(=O)[C@@H]2CCCN(S(=O)(=O)c3ccc(Cl)cc3)C2)s1. The van der Waals surface area contributed by atoms with Gasteiger partial charge in [-0.1, -0.05) is 40.8 Å². The lowest BCUT2D eigenvalue weighted by molar-refractivity contribution is -0.120. The fourth-order valence-corrected chi connectivity index (χ4v) is 5.95. The van der Waals surface area contributed by atoms with Crippen LogP contribution in [-0.4, -0.2) is 47.7 Å². The summed E-state index contributed by atoms with van der Waals surface area (Å²) in [6.45, 7) is 4.17. The van der Waals surface area contributed by atoms with Gasteiger partial charge in [0.25, 0.3) is 0 Å². The summed E-state index contributed by atoms with van der Waals surface area (Å²) in [5.41, 5.74) is 0. The molecule has 0 bridgehead atoms. The van der Waals surface area contributed by atoms with Crippen molar-refractivity contribution in [3.63, 3.8) is 0 Å². The minimum atomic E-state index is -3.67. The highest BCUT2D eigenvalue weighted by molar-refractivity contribution is 8.01. The molecule has 1 aliphatic heterocycles. The second-order valence-electron chi connectivity index (χ2n) is 6.12. The van der Waals surface area contributed by atoms with Gasteiger partial charge in [-0.2, -0.15) is 4.31 Å². The number of nitrogens with zero attached hydrogens (tertiary/aromatic N) is 3.